The van der Waals surface area contributed by atoms with Gasteiger partial charge in [0.25, 0.3) is 11.5 Å². The first kappa shape index (κ1) is 14.8. The zero-order valence-corrected chi connectivity index (χ0v) is 12.3. The summed E-state index contributed by atoms with van der Waals surface area (Å²) in [5.74, 6) is 0.632. The van der Waals surface area contributed by atoms with Gasteiger partial charge in [-0.05, 0) is 37.9 Å². The summed E-state index contributed by atoms with van der Waals surface area (Å²) in [5, 5.41) is 3.36. The molecule has 2 rings (SSSR count). The molecule has 2 heterocycles. The molecule has 1 N–H and O–H groups in total. The summed E-state index contributed by atoms with van der Waals surface area (Å²) in [6.07, 6.45) is 3.71. The largest absolute Gasteiger partial charge is 0.339 e. The summed E-state index contributed by atoms with van der Waals surface area (Å²) in [6, 6.07) is 3.14. The summed E-state index contributed by atoms with van der Waals surface area (Å²) in [6.45, 7) is 5.69. The van der Waals surface area contributed by atoms with Gasteiger partial charge in [-0.1, -0.05) is 6.92 Å². The Kier molecular flexibility index (Phi) is 4.95. The van der Waals surface area contributed by atoms with Crippen molar-refractivity contribution >= 4 is 5.91 Å². The van der Waals surface area contributed by atoms with Crippen LogP contribution in [-0.2, 0) is 7.05 Å². The molecule has 0 aliphatic carbocycles. The second-order valence-electron chi connectivity index (χ2n) is 5.41. The van der Waals surface area contributed by atoms with Crippen molar-refractivity contribution in [2.75, 3.05) is 26.2 Å². The molecule has 0 aromatic carbocycles. The van der Waals surface area contributed by atoms with Crippen LogP contribution in [0.1, 0.15) is 30.1 Å². The summed E-state index contributed by atoms with van der Waals surface area (Å²) in [5.41, 5.74) is 0.358. The molecule has 1 aliphatic heterocycles. The molecule has 0 atom stereocenters. The minimum atomic E-state index is -0.141. The van der Waals surface area contributed by atoms with Crippen LogP contribution in [0.25, 0.3) is 0 Å². The van der Waals surface area contributed by atoms with Gasteiger partial charge in [0.1, 0.15) is 0 Å². The second-order valence-corrected chi connectivity index (χ2v) is 5.41. The number of carbonyl (C=O) groups excluding carboxylic acids is 1. The van der Waals surface area contributed by atoms with Crippen LogP contribution in [0.15, 0.2) is 23.1 Å². The second kappa shape index (κ2) is 6.70. The Morgan fingerprint density at radius 2 is 2.10 bits per heavy atom. The van der Waals surface area contributed by atoms with Crippen LogP contribution in [0.5, 0.6) is 0 Å². The average molecular weight is 277 g/mol. The average Bonchev–Trinajstić information content (AvgIpc) is 2.48. The number of aromatic nitrogens is 1. The smallest absolute Gasteiger partial charge is 0.254 e. The van der Waals surface area contributed by atoms with Crippen molar-refractivity contribution in [3.8, 4) is 0 Å². The number of piperidine rings is 1. The van der Waals surface area contributed by atoms with Crippen LogP contribution in [-0.4, -0.2) is 41.6 Å². The Labute approximate surface area is 119 Å². The van der Waals surface area contributed by atoms with Gasteiger partial charge in [-0.15, -0.1) is 0 Å². The standard InChI is InChI=1S/C15H23N3O2/c1-3-16-11-12-4-8-18(9-5-12)15(20)13-6-7-17(2)14(19)10-13/h6-7,10,12,16H,3-5,8-9,11H2,1-2H3. The van der Waals surface area contributed by atoms with E-state index in [2.05, 4.69) is 12.2 Å². The summed E-state index contributed by atoms with van der Waals surface area (Å²) < 4.78 is 1.47. The van der Waals surface area contributed by atoms with Gasteiger partial charge in [0.05, 0.1) is 0 Å². The van der Waals surface area contributed by atoms with Crippen molar-refractivity contribution in [1.82, 2.24) is 14.8 Å². The zero-order valence-electron chi connectivity index (χ0n) is 12.3. The van der Waals surface area contributed by atoms with Crippen molar-refractivity contribution in [2.24, 2.45) is 13.0 Å². The van der Waals surface area contributed by atoms with Crippen molar-refractivity contribution in [3.63, 3.8) is 0 Å². The summed E-state index contributed by atoms with van der Waals surface area (Å²) >= 11 is 0. The van der Waals surface area contributed by atoms with Crippen LogP contribution in [0.3, 0.4) is 0 Å². The minimum Gasteiger partial charge on any atom is -0.339 e. The van der Waals surface area contributed by atoms with Crippen molar-refractivity contribution in [1.29, 1.82) is 0 Å². The Balaban J connectivity index is 1.94. The van der Waals surface area contributed by atoms with Crippen LogP contribution >= 0.6 is 0 Å². The number of hydrogen-bond donors (Lipinski definition) is 1. The molecule has 1 aromatic heterocycles. The summed E-state index contributed by atoms with van der Waals surface area (Å²) in [4.78, 5) is 25.8. The highest BCUT2D eigenvalue weighted by Gasteiger charge is 2.23. The molecule has 0 saturated carbocycles. The van der Waals surface area contributed by atoms with E-state index in [4.69, 9.17) is 0 Å². The number of likely N-dealkylation sites (tertiary alicyclic amines) is 1. The molecule has 0 bridgehead atoms. The molecule has 0 unspecified atom stereocenters. The zero-order chi connectivity index (χ0) is 14.5. The van der Waals surface area contributed by atoms with Crippen LogP contribution in [0, 0.1) is 5.92 Å². The van der Waals surface area contributed by atoms with E-state index in [1.54, 1.807) is 19.3 Å². The molecule has 1 fully saturated rings. The number of amides is 1. The Hall–Kier alpha value is -1.62. The van der Waals surface area contributed by atoms with Gasteiger partial charge in [0.2, 0.25) is 0 Å². The molecule has 110 valence electrons. The highest BCUT2D eigenvalue weighted by atomic mass is 16.2. The first-order valence-electron chi connectivity index (χ1n) is 7.28. The van der Waals surface area contributed by atoms with Gasteiger partial charge in [-0.3, -0.25) is 9.59 Å². The normalized spacial score (nSPS) is 16.4. The quantitative estimate of drug-likeness (QED) is 0.887. The monoisotopic (exact) mass is 277 g/mol. The molecule has 0 radical (unpaired) electrons. The number of nitrogens with one attached hydrogen (secondary N) is 1. The third kappa shape index (κ3) is 3.48. The highest BCUT2D eigenvalue weighted by molar-refractivity contribution is 5.94. The van der Waals surface area contributed by atoms with Crippen molar-refractivity contribution in [3.05, 3.63) is 34.2 Å². The number of nitrogens with zero attached hydrogens (tertiary/aromatic N) is 2. The van der Waals surface area contributed by atoms with E-state index >= 15 is 0 Å². The van der Waals surface area contributed by atoms with Gasteiger partial charge >= 0.3 is 0 Å². The number of hydrogen-bond acceptors (Lipinski definition) is 3. The molecule has 20 heavy (non-hydrogen) atoms. The van der Waals surface area contributed by atoms with Gasteiger partial charge in [-0.2, -0.15) is 0 Å². The maximum absolute atomic E-state index is 12.3. The van der Waals surface area contributed by atoms with E-state index in [9.17, 15) is 9.59 Å². The van der Waals surface area contributed by atoms with E-state index < -0.39 is 0 Å². The maximum Gasteiger partial charge on any atom is 0.254 e. The lowest BCUT2D eigenvalue weighted by Gasteiger charge is -2.32. The topological polar surface area (TPSA) is 54.3 Å². The number of aryl methyl sites for hydroxylation is 1. The SMILES string of the molecule is CCNCC1CCN(C(=O)c2ccn(C)c(=O)c2)CC1. The lowest BCUT2D eigenvalue weighted by atomic mass is 9.96. The highest BCUT2D eigenvalue weighted by Crippen LogP contribution is 2.18. The van der Waals surface area contributed by atoms with Crippen LogP contribution in [0.2, 0.25) is 0 Å². The molecule has 0 spiro atoms. The molecule has 1 saturated heterocycles. The lowest BCUT2D eigenvalue weighted by molar-refractivity contribution is 0.0690. The third-order valence-corrected chi connectivity index (χ3v) is 3.94. The van der Waals surface area contributed by atoms with E-state index in [-0.39, 0.29) is 11.5 Å². The van der Waals surface area contributed by atoms with Crippen LogP contribution < -0.4 is 10.9 Å². The molecule has 1 aliphatic rings. The van der Waals surface area contributed by atoms with Crippen molar-refractivity contribution in [2.45, 2.75) is 19.8 Å². The molecule has 5 nitrogen and oxygen atoms in total. The van der Waals surface area contributed by atoms with Crippen LogP contribution in [0.4, 0.5) is 0 Å². The Morgan fingerprint density at radius 3 is 2.70 bits per heavy atom. The Bertz CT molecular complexity index is 516. The fraction of sp³-hybridized carbons (Fsp3) is 0.600. The van der Waals surface area contributed by atoms with Crippen molar-refractivity contribution < 1.29 is 4.79 Å². The van der Waals surface area contributed by atoms with E-state index in [1.807, 2.05) is 4.90 Å². The number of pyridine rings is 1. The fourth-order valence-corrected chi connectivity index (χ4v) is 2.55. The number of rotatable bonds is 4. The molecule has 5 heteroatoms. The van der Waals surface area contributed by atoms with E-state index in [1.165, 1.54) is 10.6 Å². The van der Waals surface area contributed by atoms with Gasteiger partial charge in [-0.25, -0.2) is 0 Å². The first-order chi connectivity index (χ1) is 9.61. The predicted molar refractivity (Wildman–Crippen MR) is 78.9 cm³/mol. The maximum atomic E-state index is 12.3. The third-order valence-electron chi connectivity index (χ3n) is 3.94. The lowest BCUT2D eigenvalue weighted by Crippen LogP contribution is -2.41. The molecule has 1 amide bonds. The molecule has 1 aromatic rings. The van der Waals surface area contributed by atoms with E-state index in [0.717, 1.165) is 39.0 Å². The molecular weight excluding hydrogens is 254 g/mol. The minimum absolute atomic E-state index is 0.0235. The molecular formula is C15H23N3O2. The van der Waals surface area contributed by atoms with E-state index in [0.29, 0.717) is 11.5 Å². The summed E-state index contributed by atoms with van der Waals surface area (Å²) in [7, 11) is 1.68. The van der Waals surface area contributed by atoms with Gasteiger partial charge < -0.3 is 14.8 Å². The van der Waals surface area contributed by atoms with Gasteiger partial charge in [0, 0.05) is 38.0 Å². The number of carbonyl (C=O) groups is 1. The fourth-order valence-electron chi connectivity index (χ4n) is 2.55. The Morgan fingerprint density at radius 1 is 1.40 bits per heavy atom. The predicted octanol–water partition coefficient (Wildman–Crippen LogP) is 0.847. The first-order valence-corrected chi connectivity index (χ1v) is 7.28. The van der Waals surface area contributed by atoms with Gasteiger partial charge in [0.15, 0.2) is 0 Å².